The second-order valence-electron chi connectivity index (χ2n) is 4.90. The van der Waals surface area contributed by atoms with Crippen molar-refractivity contribution in [3.8, 4) is 6.07 Å². The third-order valence-electron chi connectivity index (χ3n) is 4.31. The van der Waals surface area contributed by atoms with Crippen molar-refractivity contribution in [2.24, 2.45) is 11.8 Å². The van der Waals surface area contributed by atoms with Gasteiger partial charge in [0.1, 0.15) is 0 Å². The van der Waals surface area contributed by atoms with E-state index in [1.54, 1.807) is 0 Å². The molecule has 4 aliphatic rings. The van der Waals surface area contributed by atoms with Crippen molar-refractivity contribution in [2.75, 3.05) is 0 Å². The molecule has 4 atom stereocenters. The van der Waals surface area contributed by atoms with E-state index in [1.165, 1.54) is 11.1 Å². The van der Waals surface area contributed by atoms with E-state index in [-0.39, 0.29) is 0 Å². The van der Waals surface area contributed by atoms with Crippen molar-refractivity contribution in [3.63, 3.8) is 0 Å². The van der Waals surface area contributed by atoms with Gasteiger partial charge in [-0.15, -0.1) is 0 Å². The van der Waals surface area contributed by atoms with Crippen LogP contribution in [0.3, 0.4) is 0 Å². The molecule has 2 bridgehead atoms. The van der Waals surface area contributed by atoms with Crippen LogP contribution in [0.15, 0.2) is 42.5 Å². The van der Waals surface area contributed by atoms with Gasteiger partial charge >= 0.3 is 0 Å². The summed E-state index contributed by atoms with van der Waals surface area (Å²) >= 11 is 0. The molecule has 0 aliphatic heterocycles. The van der Waals surface area contributed by atoms with Crippen LogP contribution >= 0.6 is 0 Å². The fraction of sp³-hybridized carbons (Fsp3) is 0.267. The van der Waals surface area contributed by atoms with Crippen LogP contribution < -0.4 is 0 Å². The van der Waals surface area contributed by atoms with Gasteiger partial charge in [0, 0.05) is 11.8 Å². The normalized spacial score (nSPS) is 36.2. The number of hydrogen-bond donors (Lipinski definition) is 0. The molecule has 0 amide bonds. The van der Waals surface area contributed by atoms with E-state index < -0.39 is 0 Å². The Hall–Kier alpha value is -1.81. The number of nitriles is 1. The molecule has 4 aliphatic carbocycles. The Morgan fingerprint density at radius 1 is 0.938 bits per heavy atom. The van der Waals surface area contributed by atoms with Crippen molar-refractivity contribution in [1.29, 1.82) is 5.26 Å². The topological polar surface area (TPSA) is 23.8 Å². The summed E-state index contributed by atoms with van der Waals surface area (Å²) in [6, 6.07) is 8.50. The standard InChI is InChI=1S/C15H11N/c16-8-9-2-1-3-13-11-6-7-14(15(9)13)12-5-4-10(11)12/h1-7,10-12,14H/t10-,11+,12+,14+/m1/s1. The molecule has 5 rings (SSSR count). The maximum absolute atomic E-state index is 9.20. The first-order valence-electron chi connectivity index (χ1n) is 5.79. The van der Waals surface area contributed by atoms with Gasteiger partial charge in [-0.1, -0.05) is 36.4 Å². The number of hydrogen-bond acceptors (Lipinski definition) is 1. The van der Waals surface area contributed by atoms with E-state index in [9.17, 15) is 5.26 Å². The van der Waals surface area contributed by atoms with E-state index in [4.69, 9.17) is 0 Å². The molecule has 1 heteroatoms. The molecule has 0 heterocycles. The van der Waals surface area contributed by atoms with Gasteiger partial charge in [0.05, 0.1) is 11.6 Å². The summed E-state index contributed by atoms with van der Waals surface area (Å²) < 4.78 is 0. The summed E-state index contributed by atoms with van der Waals surface area (Å²) in [6.45, 7) is 0. The average molecular weight is 205 g/mol. The number of nitrogens with zero attached hydrogens (tertiary/aromatic N) is 1. The molecule has 1 nitrogen and oxygen atoms in total. The fourth-order valence-electron chi connectivity index (χ4n) is 3.52. The van der Waals surface area contributed by atoms with Gasteiger partial charge in [0.15, 0.2) is 0 Å². The zero-order valence-corrected chi connectivity index (χ0v) is 8.80. The third kappa shape index (κ3) is 0.782. The van der Waals surface area contributed by atoms with Gasteiger partial charge in [0.2, 0.25) is 0 Å². The molecule has 0 fully saturated rings. The van der Waals surface area contributed by atoms with Gasteiger partial charge in [-0.25, -0.2) is 0 Å². The Morgan fingerprint density at radius 2 is 1.69 bits per heavy atom. The van der Waals surface area contributed by atoms with Crippen LogP contribution in [0.5, 0.6) is 0 Å². The molecule has 0 aromatic heterocycles. The lowest BCUT2D eigenvalue weighted by molar-refractivity contribution is 0.316. The minimum atomic E-state index is 0.450. The predicted octanol–water partition coefficient (Wildman–Crippen LogP) is 3.11. The first-order chi connectivity index (χ1) is 7.90. The number of allylic oxidation sites excluding steroid dienone is 4. The maximum atomic E-state index is 9.20. The zero-order chi connectivity index (χ0) is 10.7. The summed E-state index contributed by atoms with van der Waals surface area (Å²) in [6.07, 6.45) is 9.27. The van der Waals surface area contributed by atoms with E-state index >= 15 is 0 Å². The summed E-state index contributed by atoms with van der Waals surface area (Å²) in [7, 11) is 0. The first-order valence-corrected chi connectivity index (χ1v) is 5.79. The van der Waals surface area contributed by atoms with Gasteiger partial charge in [-0.2, -0.15) is 5.26 Å². The van der Waals surface area contributed by atoms with Crippen molar-refractivity contribution in [2.45, 2.75) is 11.8 Å². The van der Waals surface area contributed by atoms with Crippen molar-refractivity contribution < 1.29 is 0 Å². The van der Waals surface area contributed by atoms with E-state index in [0.717, 1.165) is 5.56 Å². The van der Waals surface area contributed by atoms with E-state index in [2.05, 4.69) is 36.4 Å². The second kappa shape index (κ2) is 2.65. The molecule has 1 aromatic carbocycles. The highest BCUT2D eigenvalue weighted by Crippen LogP contribution is 2.57. The molecular formula is C15H11N. The van der Waals surface area contributed by atoms with Gasteiger partial charge in [-0.05, 0) is 29.0 Å². The number of rotatable bonds is 0. The van der Waals surface area contributed by atoms with Crippen molar-refractivity contribution >= 4 is 0 Å². The Labute approximate surface area is 94.7 Å². The summed E-state index contributed by atoms with van der Waals surface area (Å²) in [5.74, 6) is 2.31. The van der Waals surface area contributed by atoms with Crippen LogP contribution in [0.2, 0.25) is 0 Å². The SMILES string of the molecule is N#Cc1cccc2c1[C@H]1C=C[C@H]2[C@H]2C=C[C@@H]21. The van der Waals surface area contributed by atoms with Gasteiger partial charge in [-0.3, -0.25) is 0 Å². The molecule has 0 unspecified atom stereocenters. The summed E-state index contributed by atoms with van der Waals surface area (Å²) in [5, 5.41) is 9.20. The lowest BCUT2D eigenvalue weighted by atomic mass is 9.55. The van der Waals surface area contributed by atoms with Crippen LogP contribution in [-0.4, -0.2) is 0 Å². The maximum Gasteiger partial charge on any atom is 0.0994 e. The minimum Gasteiger partial charge on any atom is -0.192 e. The Balaban J connectivity index is 2.02. The zero-order valence-electron chi connectivity index (χ0n) is 8.80. The monoisotopic (exact) mass is 205 g/mol. The fourth-order valence-corrected chi connectivity index (χ4v) is 3.52. The smallest absolute Gasteiger partial charge is 0.0994 e. The quantitative estimate of drug-likeness (QED) is 0.597. The highest BCUT2D eigenvalue weighted by atomic mass is 14.5. The molecule has 0 radical (unpaired) electrons. The molecule has 1 aromatic rings. The molecule has 0 saturated heterocycles. The Bertz CT molecular complexity index is 574. The van der Waals surface area contributed by atoms with Crippen molar-refractivity contribution in [1.82, 2.24) is 0 Å². The average Bonchev–Trinajstić information content (AvgIpc) is 2.28. The first kappa shape index (κ1) is 8.35. The highest BCUT2D eigenvalue weighted by molar-refractivity contribution is 5.56. The predicted molar refractivity (Wildman–Crippen MR) is 61.9 cm³/mol. The molecule has 0 saturated carbocycles. The molecule has 76 valence electrons. The van der Waals surface area contributed by atoms with Gasteiger partial charge in [0.25, 0.3) is 0 Å². The summed E-state index contributed by atoms with van der Waals surface area (Å²) in [4.78, 5) is 0. The lowest BCUT2D eigenvalue weighted by Crippen LogP contribution is -2.38. The molecule has 0 spiro atoms. The van der Waals surface area contributed by atoms with Gasteiger partial charge < -0.3 is 0 Å². The Morgan fingerprint density at radius 3 is 2.44 bits per heavy atom. The van der Waals surface area contributed by atoms with Crippen LogP contribution in [0.25, 0.3) is 0 Å². The van der Waals surface area contributed by atoms with Crippen LogP contribution in [-0.2, 0) is 0 Å². The van der Waals surface area contributed by atoms with E-state index in [0.29, 0.717) is 23.7 Å². The van der Waals surface area contributed by atoms with Crippen LogP contribution in [0, 0.1) is 23.2 Å². The van der Waals surface area contributed by atoms with E-state index in [1.807, 2.05) is 12.1 Å². The molecule has 0 N–H and O–H groups in total. The Kier molecular flexibility index (Phi) is 1.38. The van der Waals surface area contributed by atoms with Crippen LogP contribution in [0.4, 0.5) is 0 Å². The number of benzene rings is 1. The highest BCUT2D eigenvalue weighted by Gasteiger charge is 2.45. The largest absolute Gasteiger partial charge is 0.192 e. The molecule has 16 heavy (non-hydrogen) atoms. The van der Waals surface area contributed by atoms with Crippen LogP contribution in [0.1, 0.15) is 28.5 Å². The third-order valence-corrected chi connectivity index (χ3v) is 4.31. The summed E-state index contributed by atoms with van der Waals surface area (Å²) in [5.41, 5.74) is 3.55. The lowest BCUT2D eigenvalue weighted by Gasteiger charge is -2.48. The van der Waals surface area contributed by atoms with Crippen molar-refractivity contribution in [3.05, 3.63) is 59.2 Å². The second-order valence-corrected chi connectivity index (χ2v) is 4.90. The minimum absolute atomic E-state index is 0.450. The molecular weight excluding hydrogens is 194 g/mol.